The van der Waals surface area contributed by atoms with Gasteiger partial charge in [0.05, 0.1) is 0 Å². The van der Waals surface area contributed by atoms with Gasteiger partial charge < -0.3 is 10.2 Å². The van der Waals surface area contributed by atoms with Gasteiger partial charge in [-0.3, -0.25) is 0 Å². The first kappa shape index (κ1) is 22.9. The van der Waals surface area contributed by atoms with Gasteiger partial charge in [-0.2, -0.15) is 0 Å². The molecule has 0 aromatic heterocycles. The van der Waals surface area contributed by atoms with E-state index >= 15 is 0 Å². The molecule has 0 spiro atoms. The van der Waals surface area contributed by atoms with Crippen LogP contribution in [-0.4, -0.2) is 0 Å². The molecule has 0 amide bonds. The van der Waals surface area contributed by atoms with Crippen LogP contribution in [0.15, 0.2) is 60.7 Å². The normalized spacial score (nSPS) is 7.40. The Kier molecular flexibility index (Phi) is 22.5. The van der Waals surface area contributed by atoms with Gasteiger partial charge in [0, 0.05) is 0 Å². The molecule has 0 heterocycles. The molecule has 0 saturated carbocycles. The average molecular weight is 424 g/mol. The molecule has 0 fully saturated rings. The molecular weight excluding hydrogens is 414 g/mol. The van der Waals surface area contributed by atoms with Gasteiger partial charge in [-0.15, -0.1) is 11.5 Å². The van der Waals surface area contributed by atoms with E-state index in [1.165, 1.54) is 24.3 Å². The molecule has 0 radical (unpaired) electrons. The number of benzene rings is 2. The Morgan fingerprint density at radius 2 is 0.750 bits per heavy atom. The quantitative estimate of drug-likeness (QED) is 0.594. The third-order valence-electron chi connectivity index (χ3n) is 1.49. The summed E-state index contributed by atoms with van der Waals surface area (Å²) in [5.74, 6) is 0.144. The van der Waals surface area contributed by atoms with Crippen molar-refractivity contribution in [3.8, 4) is 11.5 Å². The first-order chi connectivity index (χ1) is 9.62. The second-order valence-electron chi connectivity index (χ2n) is 2.77. The minimum absolute atomic E-state index is 0.0718. The van der Waals surface area contributed by atoms with Crippen LogP contribution in [0.4, 0.5) is 0 Å². The molecular formula is C12H10Cl4O2Ti2-2. The molecule has 0 aliphatic heterocycles. The van der Waals surface area contributed by atoms with Gasteiger partial charge in [0.2, 0.25) is 0 Å². The molecule has 0 aliphatic carbocycles. The van der Waals surface area contributed by atoms with Crippen LogP contribution in [-0.2, 0) is 34.1 Å². The zero-order valence-corrected chi connectivity index (χ0v) is 16.2. The summed E-state index contributed by atoms with van der Waals surface area (Å²) in [6, 6.07) is 16.7. The number of hydrogen-bond acceptors (Lipinski definition) is 2. The van der Waals surface area contributed by atoms with Crippen molar-refractivity contribution in [3.63, 3.8) is 0 Å². The zero-order valence-electron chi connectivity index (χ0n) is 10.1. The summed E-state index contributed by atoms with van der Waals surface area (Å²) in [6.07, 6.45) is 0. The summed E-state index contributed by atoms with van der Waals surface area (Å²) in [7, 11) is 19.6. The minimum atomic E-state index is -0.556. The van der Waals surface area contributed by atoms with Gasteiger partial charge in [0.15, 0.2) is 0 Å². The fourth-order valence-corrected chi connectivity index (χ4v) is 0.841. The Hall–Kier alpha value is 0.629. The molecule has 108 valence electrons. The monoisotopic (exact) mass is 422 g/mol. The second kappa shape index (κ2) is 19.6. The topological polar surface area (TPSA) is 46.1 Å². The van der Waals surface area contributed by atoms with Crippen molar-refractivity contribution in [2.24, 2.45) is 0 Å². The van der Waals surface area contributed by atoms with Crippen LogP contribution in [0.1, 0.15) is 0 Å². The van der Waals surface area contributed by atoms with Crippen molar-refractivity contribution in [2.75, 3.05) is 0 Å². The van der Waals surface area contributed by atoms with E-state index in [1.807, 2.05) is 12.1 Å². The van der Waals surface area contributed by atoms with Crippen LogP contribution in [0.2, 0.25) is 0 Å². The molecule has 2 nitrogen and oxygen atoms in total. The van der Waals surface area contributed by atoms with Crippen LogP contribution in [0.3, 0.4) is 0 Å². The molecule has 0 N–H and O–H groups in total. The van der Waals surface area contributed by atoms with Crippen LogP contribution in [0.5, 0.6) is 11.5 Å². The van der Waals surface area contributed by atoms with E-state index in [2.05, 4.69) is 0 Å². The van der Waals surface area contributed by atoms with Gasteiger partial charge >= 0.3 is 71.3 Å². The maximum atomic E-state index is 10.3. The zero-order chi connectivity index (χ0) is 15.6. The fourth-order valence-electron chi connectivity index (χ4n) is 0.841. The van der Waals surface area contributed by atoms with Crippen molar-refractivity contribution in [2.45, 2.75) is 0 Å². The Labute approximate surface area is 152 Å². The maximum absolute atomic E-state index is 10.3. The molecule has 0 saturated heterocycles. The van der Waals surface area contributed by atoms with E-state index in [1.54, 1.807) is 24.3 Å². The van der Waals surface area contributed by atoms with Gasteiger partial charge in [0.1, 0.15) is 0 Å². The predicted octanol–water partition coefficient (Wildman–Crippen LogP) is 4.27. The first-order valence-electron chi connectivity index (χ1n) is 4.99. The van der Waals surface area contributed by atoms with E-state index < -0.39 is 34.1 Å². The van der Waals surface area contributed by atoms with Crippen molar-refractivity contribution in [3.05, 3.63) is 60.7 Å². The predicted molar refractivity (Wildman–Crippen MR) is 75.2 cm³/mol. The van der Waals surface area contributed by atoms with Crippen molar-refractivity contribution in [1.29, 1.82) is 0 Å². The van der Waals surface area contributed by atoms with Crippen LogP contribution >= 0.6 is 37.2 Å². The Morgan fingerprint density at radius 1 is 0.550 bits per heavy atom. The number of rotatable bonds is 0. The third kappa shape index (κ3) is 20.9. The van der Waals surface area contributed by atoms with Crippen LogP contribution in [0.25, 0.3) is 0 Å². The Morgan fingerprint density at radius 3 is 0.850 bits per heavy atom. The number of hydrogen-bond donors (Lipinski definition) is 0. The second-order valence-corrected chi connectivity index (χ2v) is 7.93. The van der Waals surface area contributed by atoms with Gasteiger partial charge in [-0.25, -0.2) is 0 Å². The molecule has 0 bridgehead atoms. The molecule has 2 aromatic rings. The number of para-hydroxylation sites is 2. The van der Waals surface area contributed by atoms with E-state index in [0.29, 0.717) is 0 Å². The van der Waals surface area contributed by atoms with E-state index in [-0.39, 0.29) is 11.5 Å². The van der Waals surface area contributed by atoms with Crippen LogP contribution < -0.4 is 10.2 Å². The summed E-state index contributed by atoms with van der Waals surface area (Å²) < 4.78 is 0. The number of halogens is 4. The maximum Gasteiger partial charge on any atom is -0.0623 e. The SMILES string of the molecule is [Cl][Ti][Cl].[Cl][Ti][Cl].[O-]c1ccccc1.[O-]c1ccccc1. The summed E-state index contributed by atoms with van der Waals surface area (Å²) in [4.78, 5) is 0. The Bertz CT molecular complexity index is 354. The van der Waals surface area contributed by atoms with Crippen molar-refractivity contribution >= 4 is 37.2 Å². The van der Waals surface area contributed by atoms with E-state index in [4.69, 9.17) is 37.2 Å². The van der Waals surface area contributed by atoms with Crippen molar-refractivity contribution in [1.82, 2.24) is 0 Å². The standard InChI is InChI=1S/2C6H6O.4ClH.2Ti/c2*7-6-4-2-1-3-5-6;;;;;;/h2*1-5,7H;4*1H;;/q;;;;;;2*+2/p-6. The Balaban J connectivity index is 0. The van der Waals surface area contributed by atoms with Gasteiger partial charge in [-0.1, -0.05) is 60.7 Å². The molecule has 0 aliphatic rings. The molecule has 2 aromatic carbocycles. The summed E-state index contributed by atoms with van der Waals surface area (Å²) >= 11 is -1.11. The van der Waals surface area contributed by atoms with E-state index in [0.717, 1.165) is 0 Å². The smallest absolute Gasteiger partial charge is 0.0623 e. The summed E-state index contributed by atoms with van der Waals surface area (Å²) in [5.41, 5.74) is 0. The van der Waals surface area contributed by atoms with Gasteiger partial charge in [-0.05, 0) is 0 Å². The van der Waals surface area contributed by atoms with Crippen LogP contribution in [0, 0.1) is 0 Å². The molecule has 0 atom stereocenters. The molecule has 2 rings (SSSR count). The van der Waals surface area contributed by atoms with Gasteiger partial charge in [0.25, 0.3) is 0 Å². The van der Waals surface area contributed by atoms with E-state index in [9.17, 15) is 10.2 Å². The average Bonchev–Trinajstić information content (AvgIpc) is 2.43. The first-order valence-corrected chi connectivity index (χ1v) is 13.6. The molecule has 0 unspecified atom stereocenters. The summed E-state index contributed by atoms with van der Waals surface area (Å²) in [5, 5.41) is 20.5. The van der Waals surface area contributed by atoms with Crippen molar-refractivity contribution < 1.29 is 44.3 Å². The molecule has 20 heavy (non-hydrogen) atoms. The third-order valence-corrected chi connectivity index (χ3v) is 1.49. The molecule has 8 heteroatoms. The fraction of sp³-hybridized carbons (Fsp3) is 0. The largest absolute Gasteiger partial charge is 0.872 e. The summed E-state index contributed by atoms with van der Waals surface area (Å²) in [6.45, 7) is 0. The minimum Gasteiger partial charge on any atom is -0.872 e.